The fraction of sp³-hybridized carbons (Fsp3) is 0.857. The summed E-state index contributed by atoms with van der Waals surface area (Å²) < 4.78 is 5.37. The SMILES string of the molecule is CC(C)(C)OC(=O)N1CCC2(CC1)CC(=O)N(CCO)N2. The molecule has 0 atom stereocenters. The van der Waals surface area contributed by atoms with Crippen molar-refractivity contribution >= 4 is 12.0 Å². The molecule has 0 aliphatic carbocycles. The molecule has 2 amide bonds. The van der Waals surface area contributed by atoms with Gasteiger partial charge in [-0.3, -0.25) is 9.80 Å². The Morgan fingerprint density at radius 1 is 1.38 bits per heavy atom. The van der Waals surface area contributed by atoms with Crippen molar-refractivity contribution < 1.29 is 19.4 Å². The minimum Gasteiger partial charge on any atom is -0.444 e. The van der Waals surface area contributed by atoms with Gasteiger partial charge in [0.25, 0.3) is 0 Å². The van der Waals surface area contributed by atoms with Crippen LogP contribution in [0.15, 0.2) is 0 Å². The lowest BCUT2D eigenvalue weighted by molar-refractivity contribution is -0.130. The molecule has 0 aromatic heterocycles. The monoisotopic (exact) mass is 299 g/mol. The topological polar surface area (TPSA) is 82.1 Å². The standard InChI is InChI=1S/C14H25N3O4/c1-13(2,3)21-12(20)16-6-4-14(5-7-16)10-11(19)17(15-14)8-9-18/h15,18H,4-10H2,1-3H3. The molecule has 7 nitrogen and oxygen atoms in total. The molecule has 2 aliphatic rings. The van der Waals surface area contributed by atoms with Gasteiger partial charge in [-0.25, -0.2) is 10.2 Å². The number of likely N-dealkylation sites (tertiary alicyclic amines) is 1. The van der Waals surface area contributed by atoms with Crippen LogP contribution in [0.25, 0.3) is 0 Å². The molecule has 0 aromatic carbocycles. The predicted molar refractivity (Wildman–Crippen MR) is 76.3 cm³/mol. The van der Waals surface area contributed by atoms with Crippen LogP contribution in [0.3, 0.4) is 0 Å². The first-order chi connectivity index (χ1) is 9.75. The van der Waals surface area contributed by atoms with Crippen molar-refractivity contribution in [3.8, 4) is 0 Å². The number of hydrazine groups is 1. The van der Waals surface area contributed by atoms with E-state index in [1.54, 1.807) is 4.90 Å². The van der Waals surface area contributed by atoms with Crippen LogP contribution in [0.5, 0.6) is 0 Å². The van der Waals surface area contributed by atoms with Crippen molar-refractivity contribution in [3.05, 3.63) is 0 Å². The summed E-state index contributed by atoms with van der Waals surface area (Å²) in [5.74, 6) is 0.00904. The zero-order valence-electron chi connectivity index (χ0n) is 13.0. The van der Waals surface area contributed by atoms with Crippen LogP contribution in [0.1, 0.15) is 40.0 Å². The fourth-order valence-electron chi connectivity index (χ4n) is 2.79. The highest BCUT2D eigenvalue weighted by Gasteiger charge is 2.45. The Hall–Kier alpha value is -1.34. The minimum absolute atomic E-state index is 0.00904. The fourth-order valence-corrected chi connectivity index (χ4v) is 2.79. The highest BCUT2D eigenvalue weighted by Crippen LogP contribution is 2.31. The van der Waals surface area contributed by atoms with Crippen LogP contribution in [-0.4, -0.2) is 64.4 Å². The number of amides is 2. The van der Waals surface area contributed by atoms with E-state index in [4.69, 9.17) is 9.84 Å². The van der Waals surface area contributed by atoms with Gasteiger partial charge in [0.05, 0.1) is 13.2 Å². The summed E-state index contributed by atoms with van der Waals surface area (Å²) in [5.41, 5.74) is 2.44. The number of rotatable bonds is 2. The average molecular weight is 299 g/mol. The number of ether oxygens (including phenoxy) is 1. The molecule has 0 bridgehead atoms. The number of nitrogens with zero attached hydrogens (tertiary/aromatic N) is 2. The van der Waals surface area contributed by atoms with Crippen molar-refractivity contribution in [2.45, 2.75) is 51.2 Å². The summed E-state index contributed by atoms with van der Waals surface area (Å²) in [4.78, 5) is 25.6. The van der Waals surface area contributed by atoms with Crippen molar-refractivity contribution in [3.63, 3.8) is 0 Å². The highest BCUT2D eigenvalue weighted by molar-refractivity contribution is 5.79. The van der Waals surface area contributed by atoms with E-state index in [1.165, 1.54) is 5.01 Å². The van der Waals surface area contributed by atoms with E-state index in [2.05, 4.69) is 5.43 Å². The number of aliphatic hydroxyl groups excluding tert-OH is 1. The summed E-state index contributed by atoms with van der Waals surface area (Å²) in [6, 6.07) is 0. The van der Waals surface area contributed by atoms with Gasteiger partial charge in [-0.15, -0.1) is 0 Å². The molecule has 0 saturated carbocycles. The Morgan fingerprint density at radius 3 is 2.52 bits per heavy atom. The largest absolute Gasteiger partial charge is 0.444 e. The van der Waals surface area contributed by atoms with E-state index in [1.807, 2.05) is 20.8 Å². The van der Waals surface area contributed by atoms with Crippen LogP contribution in [-0.2, 0) is 9.53 Å². The van der Waals surface area contributed by atoms with Crippen molar-refractivity contribution in [1.29, 1.82) is 0 Å². The van der Waals surface area contributed by atoms with Gasteiger partial charge in [-0.05, 0) is 33.6 Å². The molecule has 0 unspecified atom stereocenters. The van der Waals surface area contributed by atoms with Gasteiger partial charge in [0.15, 0.2) is 0 Å². The van der Waals surface area contributed by atoms with Crippen LogP contribution in [0.4, 0.5) is 4.79 Å². The molecule has 2 aliphatic heterocycles. The molecular formula is C14H25N3O4. The lowest BCUT2D eigenvalue weighted by Crippen LogP contribution is -2.54. The molecule has 2 rings (SSSR count). The second-order valence-electron chi connectivity index (χ2n) is 6.81. The van der Waals surface area contributed by atoms with Crippen LogP contribution >= 0.6 is 0 Å². The van der Waals surface area contributed by atoms with Gasteiger partial charge in [-0.1, -0.05) is 0 Å². The second-order valence-corrected chi connectivity index (χ2v) is 6.81. The summed E-state index contributed by atoms with van der Waals surface area (Å²) in [6.07, 6.45) is 1.54. The van der Waals surface area contributed by atoms with Gasteiger partial charge < -0.3 is 14.7 Å². The van der Waals surface area contributed by atoms with Crippen LogP contribution < -0.4 is 5.43 Å². The number of nitrogens with one attached hydrogen (secondary N) is 1. The number of carbonyl (C=O) groups excluding carboxylic acids is 2. The van der Waals surface area contributed by atoms with E-state index in [0.717, 1.165) is 0 Å². The van der Waals surface area contributed by atoms with E-state index >= 15 is 0 Å². The first-order valence-corrected chi connectivity index (χ1v) is 7.42. The maximum Gasteiger partial charge on any atom is 0.410 e. The maximum atomic E-state index is 12.0. The van der Waals surface area contributed by atoms with Gasteiger partial charge in [-0.2, -0.15) is 0 Å². The molecule has 21 heavy (non-hydrogen) atoms. The highest BCUT2D eigenvalue weighted by atomic mass is 16.6. The van der Waals surface area contributed by atoms with Crippen LogP contribution in [0, 0.1) is 0 Å². The number of hydrogen-bond acceptors (Lipinski definition) is 5. The molecule has 0 aromatic rings. The lowest BCUT2D eigenvalue weighted by atomic mass is 9.86. The second kappa shape index (κ2) is 5.81. The Morgan fingerprint density at radius 2 is 2.00 bits per heavy atom. The normalized spacial score (nSPS) is 22.0. The number of aliphatic hydroxyl groups is 1. The van der Waals surface area contributed by atoms with Crippen molar-refractivity contribution in [2.75, 3.05) is 26.2 Å². The molecule has 2 saturated heterocycles. The van der Waals surface area contributed by atoms with E-state index < -0.39 is 5.60 Å². The number of carbonyl (C=O) groups is 2. The molecule has 2 fully saturated rings. The van der Waals surface area contributed by atoms with E-state index in [9.17, 15) is 9.59 Å². The number of hydrogen-bond donors (Lipinski definition) is 2. The smallest absolute Gasteiger partial charge is 0.410 e. The molecule has 7 heteroatoms. The average Bonchev–Trinajstić information content (AvgIpc) is 2.65. The third-order valence-electron chi connectivity index (χ3n) is 3.86. The quantitative estimate of drug-likeness (QED) is 0.775. The summed E-state index contributed by atoms with van der Waals surface area (Å²) in [7, 11) is 0. The first kappa shape index (κ1) is 16.0. The molecule has 2 N–H and O–H groups in total. The third kappa shape index (κ3) is 3.85. The Balaban J connectivity index is 1.89. The van der Waals surface area contributed by atoms with Gasteiger partial charge in [0.2, 0.25) is 5.91 Å². The Labute approximate surface area is 125 Å². The zero-order chi connectivity index (χ0) is 15.7. The summed E-state index contributed by atoms with van der Waals surface area (Å²) in [6.45, 7) is 6.93. The van der Waals surface area contributed by atoms with Gasteiger partial charge in [0.1, 0.15) is 5.60 Å². The third-order valence-corrected chi connectivity index (χ3v) is 3.86. The Kier molecular flexibility index (Phi) is 4.43. The van der Waals surface area contributed by atoms with Crippen molar-refractivity contribution in [1.82, 2.24) is 15.3 Å². The minimum atomic E-state index is -0.494. The summed E-state index contributed by atoms with van der Waals surface area (Å²) >= 11 is 0. The number of piperidine rings is 1. The van der Waals surface area contributed by atoms with Gasteiger partial charge >= 0.3 is 6.09 Å². The first-order valence-electron chi connectivity index (χ1n) is 7.42. The van der Waals surface area contributed by atoms with E-state index in [0.29, 0.717) is 38.9 Å². The maximum absolute atomic E-state index is 12.0. The molecular weight excluding hydrogens is 274 g/mol. The molecule has 1 spiro atoms. The van der Waals surface area contributed by atoms with Gasteiger partial charge in [0, 0.05) is 25.0 Å². The molecule has 120 valence electrons. The van der Waals surface area contributed by atoms with Crippen molar-refractivity contribution in [2.24, 2.45) is 0 Å². The predicted octanol–water partition coefficient (Wildman–Crippen LogP) is 0.485. The lowest BCUT2D eigenvalue weighted by Gasteiger charge is -2.39. The summed E-state index contributed by atoms with van der Waals surface area (Å²) in [5, 5.41) is 10.4. The zero-order valence-corrected chi connectivity index (χ0v) is 13.0. The van der Waals surface area contributed by atoms with Crippen LogP contribution in [0.2, 0.25) is 0 Å². The molecule has 2 heterocycles. The molecule has 0 radical (unpaired) electrons. The number of β-amino-alcohol motifs (C(OH)–C–C–N with tert-alkyl or cyclic N) is 1. The van der Waals surface area contributed by atoms with E-state index in [-0.39, 0.29) is 24.1 Å². The Bertz CT molecular complexity index is 411.